The molecular formula is C15H13NaO2. The third kappa shape index (κ3) is 1.49. The molecule has 0 bridgehead atoms. The fourth-order valence-corrected chi connectivity index (χ4v) is 2.99. The van der Waals surface area contributed by atoms with Crippen LogP contribution in [0, 0.1) is 0 Å². The van der Waals surface area contributed by atoms with Crippen molar-refractivity contribution in [2.75, 3.05) is 0 Å². The molecule has 0 N–H and O–H groups in total. The standard InChI is InChI=1S/C15H14O2.Na/c1-9-11-7-3-5-10-6-4-8-12(13(10)11)15(9,2)14(16)17;/h3-9H,1-2H3,(H,16,17);/q;+1/p-1/t9-,15-;/m1./s1. The first-order valence-electron chi connectivity index (χ1n) is 5.80. The van der Waals surface area contributed by atoms with Gasteiger partial charge >= 0.3 is 29.6 Å². The van der Waals surface area contributed by atoms with Crippen LogP contribution in [0.15, 0.2) is 36.4 Å². The Bertz CT molecular complexity index is 630. The molecule has 0 fully saturated rings. The Hall–Kier alpha value is -0.830. The van der Waals surface area contributed by atoms with Crippen molar-refractivity contribution in [3.63, 3.8) is 0 Å². The Morgan fingerprint density at radius 2 is 1.83 bits per heavy atom. The van der Waals surface area contributed by atoms with E-state index in [9.17, 15) is 9.90 Å². The van der Waals surface area contributed by atoms with Gasteiger partial charge < -0.3 is 9.90 Å². The van der Waals surface area contributed by atoms with E-state index in [1.165, 1.54) is 0 Å². The summed E-state index contributed by atoms with van der Waals surface area (Å²) in [5.74, 6) is -1.04. The first-order valence-corrected chi connectivity index (χ1v) is 5.80. The number of hydrogen-bond donors (Lipinski definition) is 0. The van der Waals surface area contributed by atoms with E-state index >= 15 is 0 Å². The molecule has 2 aromatic carbocycles. The second kappa shape index (κ2) is 4.37. The number of benzene rings is 2. The van der Waals surface area contributed by atoms with E-state index in [0.29, 0.717) is 0 Å². The molecule has 3 rings (SSSR count). The maximum atomic E-state index is 11.5. The third-order valence-electron chi connectivity index (χ3n) is 4.25. The van der Waals surface area contributed by atoms with Crippen LogP contribution in [-0.2, 0) is 10.2 Å². The van der Waals surface area contributed by atoms with Crippen molar-refractivity contribution in [3.8, 4) is 0 Å². The van der Waals surface area contributed by atoms with Gasteiger partial charge in [0.1, 0.15) is 0 Å². The van der Waals surface area contributed by atoms with E-state index in [4.69, 9.17) is 0 Å². The number of carbonyl (C=O) groups excluding carboxylic acids is 1. The number of carboxylic acids is 1. The van der Waals surface area contributed by atoms with Crippen molar-refractivity contribution in [2.24, 2.45) is 0 Å². The average molecular weight is 248 g/mol. The maximum Gasteiger partial charge on any atom is 1.00 e. The van der Waals surface area contributed by atoms with Crippen LogP contribution in [0.3, 0.4) is 0 Å². The van der Waals surface area contributed by atoms with Crippen molar-refractivity contribution in [2.45, 2.75) is 25.2 Å². The summed E-state index contributed by atoms with van der Waals surface area (Å²) in [6, 6.07) is 11.9. The fraction of sp³-hybridized carbons (Fsp3) is 0.267. The van der Waals surface area contributed by atoms with E-state index in [2.05, 4.69) is 0 Å². The Labute approximate surface area is 128 Å². The molecule has 18 heavy (non-hydrogen) atoms. The SMILES string of the molecule is C[C@@H]1c2cccc3cccc(c23)[C@]1(C)C(=O)[O-].[Na+]. The maximum absolute atomic E-state index is 11.5. The third-order valence-corrected chi connectivity index (χ3v) is 4.25. The molecule has 2 aromatic rings. The number of rotatable bonds is 1. The molecule has 0 amide bonds. The zero-order valence-electron chi connectivity index (χ0n) is 10.9. The van der Waals surface area contributed by atoms with Crippen molar-refractivity contribution in [3.05, 3.63) is 47.5 Å². The van der Waals surface area contributed by atoms with Gasteiger partial charge in [-0.25, -0.2) is 0 Å². The summed E-state index contributed by atoms with van der Waals surface area (Å²) < 4.78 is 0. The number of carbonyl (C=O) groups is 1. The largest absolute Gasteiger partial charge is 1.00 e. The van der Waals surface area contributed by atoms with Crippen molar-refractivity contribution in [1.29, 1.82) is 0 Å². The van der Waals surface area contributed by atoms with Crippen molar-refractivity contribution < 1.29 is 39.5 Å². The van der Waals surface area contributed by atoms with Crippen LogP contribution in [0.25, 0.3) is 10.8 Å². The summed E-state index contributed by atoms with van der Waals surface area (Å²) in [5, 5.41) is 13.7. The van der Waals surface area contributed by atoms with Crippen molar-refractivity contribution >= 4 is 16.7 Å². The molecular weight excluding hydrogens is 235 g/mol. The minimum atomic E-state index is -0.992. The normalized spacial score (nSPS) is 24.9. The van der Waals surface area contributed by atoms with E-state index in [0.717, 1.165) is 21.9 Å². The Kier molecular flexibility index (Phi) is 3.30. The van der Waals surface area contributed by atoms with Gasteiger partial charge in [0, 0.05) is 5.41 Å². The summed E-state index contributed by atoms with van der Waals surface area (Å²) >= 11 is 0. The molecule has 0 saturated carbocycles. The van der Waals surface area contributed by atoms with Crippen LogP contribution < -0.4 is 34.7 Å². The van der Waals surface area contributed by atoms with Crippen LogP contribution in [0.1, 0.15) is 30.9 Å². The Morgan fingerprint density at radius 3 is 2.44 bits per heavy atom. The van der Waals surface area contributed by atoms with Gasteiger partial charge in [-0.2, -0.15) is 0 Å². The van der Waals surface area contributed by atoms with Gasteiger partial charge in [-0.15, -0.1) is 0 Å². The molecule has 0 spiro atoms. The second-order valence-electron chi connectivity index (χ2n) is 4.96. The fourth-order valence-electron chi connectivity index (χ4n) is 2.99. The van der Waals surface area contributed by atoms with Crippen LogP contribution in [0.5, 0.6) is 0 Å². The minimum Gasteiger partial charge on any atom is -0.549 e. The molecule has 0 radical (unpaired) electrons. The molecule has 0 unspecified atom stereocenters. The zero-order valence-corrected chi connectivity index (χ0v) is 12.9. The molecule has 1 aliphatic rings. The Balaban J connectivity index is 0.00000120. The smallest absolute Gasteiger partial charge is 0.549 e. The molecule has 3 heteroatoms. The minimum absolute atomic E-state index is 0. The van der Waals surface area contributed by atoms with Gasteiger partial charge in [0.2, 0.25) is 0 Å². The summed E-state index contributed by atoms with van der Waals surface area (Å²) in [4.78, 5) is 11.5. The second-order valence-corrected chi connectivity index (χ2v) is 4.96. The molecule has 2 nitrogen and oxygen atoms in total. The van der Waals surface area contributed by atoms with Gasteiger partial charge in [0.25, 0.3) is 0 Å². The first-order chi connectivity index (χ1) is 8.06. The average Bonchev–Trinajstić information content (AvgIpc) is 2.56. The molecule has 0 saturated heterocycles. The molecule has 2 atom stereocenters. The zero-order chi connectivity index (χ0) is 12.2. The molecule has 86 valence electrons. The van der Waals surface area contributed by atoms with Crippen LogP contribution in [-0.4, -0.2) is 5.97 Å². The monoisotopic (exact) mass is 248 g/mol. The van der Waals surface area contributed by atoms with Crippen LogP contribution >= 0.6 is 0 Å². The quantitative estimate of drug-likeness (QED) is 0.605. The first kappa shape index (κ1) is 13.6. The van der Waals surface area contributed by atoms with E-state index in [-0.39, 0.29) is 35.5 Å². The van der Waals surface area contributed by atoms with Gasteiger partial charge in [-0.3, -0.25) is 0 Å². The predicted molar refractivity (Wildman–Crippen MR) is 64.7 cm³/mol. The van der Waals surface area contributed by atoms with Gasteiger partial charge in [0.05, 0.1) is 5.97 Å². The van der Waals surface area contributed by atoms with Gasteiger partial charge in [-0.05, 0) is 34.7 Å². The van der Waals surface area contributed by atoms with Crippen molar-refractivity contribution in [1.82, 2.24) is 0 Å². The summed E-state index contributed by atoms with van der Waals surface area (Å²) in [5.41, 5.74) is 1.09. The molecule has 0 heterocycles. The summed E-state index contributed by atoms with van der Waals surface area (Å²) in [6.45, 7) is 3.73. The van der Waals surface area contributed by atoms with Gasteiger partial charge in [0.15, 0.2) is 0 Å². The topological polar surface area (TPSA) is 40.1 Å². The molecule has 0 aliphatic heterocycles. The molecule has 1 aliphatic carbocycles. The number of aliphatic carboxylic acids is 1. The number of carboxylic acid groups (broad SMARTS) is 1. The number of hydrogen-bond acceptors (Lipinski definition) is 2. The van der Waals surface area contributed by atoms with E-state index in [1.807, 2.05) is 43.3 Å². The predicted octanol–water partition coefficient (Wildman–Crippen LogP) is -1.03. The van der Waals surface area contributed by atoms with Crippen LogP contribution in [0.4, 0.5) is 0 Å². The van der Waals surface area contributed by atoms with Gasteiger partial charge in [-0.1, -0.05) is 43.3 Å². The Morgan fingerprint density at radius 1 is 1.22 bits per heavy atom. The van der Waals surface area contributed by atoms with Crippen LogP contribution in [0.2, 0.25) is 0 Å². The molecule has 0 aromatic heterocycles. The summed E-state index contributed by atoms with van der Waals surface area (Å²) in [6.07, 6.45) is 0. The summed E-state index contributed by atoms with van der Waals surface area (Å²) in [7, 11) is 0. The van der Waals surface area contributed by atoms with E-state index in [1.54, 1.807) is 6.92 Å². The van der Waals surface area contributed by atoms with E-state index < -0.39 is 11.4 Å².